The zero-order valence-electron chi connectivity index (χ0n) is 15.6. The summed E-state index contributed by atoms with van der Waals surface area (Å²) in [6.45, 7) is 14.6. The molecule has 0 radical (unpaired) electrons. The Balaban J connectivity index is -0.000000258. The van der Waals surface area contributed by atoms with Crippen LogP contribution in [0.15, 0.2) is 36.4 Å². The van der Waals surface area contributed by atoms with Crippen molar-refractivity contribution in [3.63, 3.8) is 0 Å². The molecule has 1 nitrogen and oxygen atoms in total. The Labute approximate surface area is 169 Å². The Morgan fingerprint density at radius 3 is 1.22 bits per heavy atom. The van der Waals surface area contributed by atoms with Crippen LogP contribution < -0.4 is 12.4 Å². The van der Waals surface area contributed by atoms with Crippen LogP contribution in [0.4, 0.5) is 0 Å². The molecule has 0 atom stereocenters. The summed E-state index contributed by atoms with van der Waals surface area (Å²) in [5.74, 6) is 0. The van der Waals surface area contributed by atoms with Crippen molar-refractivity contribution < 1.29 is 38.6 Å². The minimum atomic E-state index is 0. The van der Waals surface area contributed by atoms with Crippen molar-refractivity contribution >= 4 is 0 Å². The van der Waals surface area contributed by atoms with Crippen LogP contribution in [-0.4, -0.2) is 13.1 Å². The average molecular weight is 413 g/mol. The van der Waals surface area contributed by atoms with E-state index in [2.05, 4.69) is 69.4 Å². The quantitative estimate of drug-likeness (QED) is 0.685. The maximum absolute atomic E-state index is 3.97. The van der Waals surface area contributed by atoms with E-state index in [0.717, 1.165) is 25.9 Å². The fourth-order valence-corrected chi connectivity index (χ4v) is 1.92. The number of halogens is 1. The van der Waals surface area contributed by atoms with E-state index in [0.29, 0.717) is 0 Å². The molecular formula is C20H32ClNZr. The summed E-state index contributed by atoms with van der Waals surface area (Å²) >= 11 is 0. The van der Waals surface area contributed by atoms with E-state index in [1.54, 1.807) is 0 Å². The Morgan fingerprint density at radius 1 is 0.783 bits per heavy atom. The summed E-state index contributed by atoms with van der Waals surface area (Å²) in [6, 6.07) is 13.1. The van der Waals surface area contributed by atoms with Crippen molar-refractivity contribution in [1.82, 2.24) is 0 Å². The van der Waals surface area contributed by atoms with Crippen LogP contribution in [0.1, 0.15) is 49.9 Å². The summed E-state index contributed by atoms with van der Waals surface area (Å²) in [7, 11) is 0. The molecule has 0 saturated carbocycles. The van der Waals surface area contributed by atoms with Gasteiger partial charge in [0.1, 0.15) is 0 Å². The van der Waals surface area contributed by atoms with Gasteiger partial charge in [-0.25, -0.2) is 23.3 Å². The molecular weight excluding hydrogens is 381 g/mol. The van der Waals surface area contributed by atoms with E-state index < -0.39 is 0 Å². The van der Waals surface area contributed by atoms with E-state index in [1.165, 1.54) is 22.3 Å². The molecule has 0 aromatic heterocycles. The molecule has 23 heavy (non-hydrogen) atoms. The van der Waals surface area contributed by atoms with E-state index >= 15 is 0 Å². The largest absolute Gasteiger partial charge is 4.00 e. The molecule has 0 amide bonds. The van der Waals surface area contributed by atoms with Gasteiger partial charge in [-0.05, 0) is 0 Å². The molecule has 0 bridgehead atoms. The fourth-order valence-electron chi connectivity index (χ4n) is 1.92. The van der Waals surface area contributed by atoms with Crippen LogP contribution in [0.2, 0.25) is 0 Å². The third kappa shape index (κ3) is 15.1. The molecule has 2 aromatic rings. The molecule has 128 valence electrons. The normalized spacial score (nSPS) is 8.61. The van der Waals surface area contributed by atoms with Gasteiger partial charge in [0, 0.05) is 0 Å². The summed E-state index contributed by atoms with van der Waals surface area (Å²) in [5.41, 5.74) is 5.65. The van der Waals surface area contributed by atoms with Crippen molar-refractivity contribution in [2.24, 2.45) is 0 Å². The second-order valence-electron chi connectivity index (χ2n) is 5.16. The van der Waals surface area contributed by atoms with Gasteiger partial charge in [0.2, 0.25) is 0 Å². The van der Waals surface area contributed by atoms with Gasteiger partial charge in [-0.3, -0.25) is 0 Å². The number of hydrogen-bond acceptors (Lipinski definition) is 0. The summed E-state index contributed by atoms with van der Waals surface area (Å²) in [6.07, 6.45) is 2.32. The van der Waals surface area contributed by atoms with Crippen LogP contribution in [0.5, 0.6) is 0 Å². The smallest absolute Gasteiger partial charge is 1.00 e. The zero-order valence-corrected chi connectivity index (χ0v) is 18.8. The molecule has 0 aliphatic carbocycles. The predicted octanol–water partition coefficient (Wildman–Crippen LogP) is 2.95. The van der Waals surface area contributed by atoms with E-state index in [9.17, 15) is 0 Å². The minimum absolute atomic E-state index is 0. The molecule has 0 fully saturated rings. The Hall–Kier alpha value is -0.167. The summed E-state index contributed by atoms with van der Waals surface area (Å²) in [4.78, 5) is 0. The fraction of sp³-hybridized carbons (Fsp3) is 0.500. The summed E-state index contributed by atoms with van der Waals surface area (Å²) < 4.78 is 0. The summed E-state index contributed by atoms with van der Waals surface area (Å²) in [5, 5.41) is 3.97. The molecule has 2 aromatic carbocycles. The molecule has 0 spiro atoms. The van der Waals surface area contributed by atoms with Crippen molar-refractivity contribution in [3.8, 4) is 0 Å². The van der Waals surface area contributed by atoms with Crippen molar-refractivity contribution in [2.45, 2.75) is 54.4 Å². The first kappa shape index (κ1) is 27.7. The molecule has 3 heteroatoms. The van der Waals surface area contributed by atoms with Crippen LogP contribution in [0.25, 0.3) is 5.32 Å². The monoisotopic (exact) mass is 411 g/mol. The van der Waals surface area contributed by atoms with Crippen molar-refractivity contribution in [1.29, 1.82) is 0 Å². The molecule has 0 saturated heterocycles. The molecule has 0 aliphatic heterocycles. The van der Waals surface area contributed by atoms with Gasteiger partial charge in [0.05, 0.1) is 0 Å². The Bertz CT molecular complexity index is 417. The minimum Gasteiger partial charge on any atom is -1.00 e. The average Bonchev–Trinajstić information content (AvgIpc) is 3.09. The third-order valence-corrected chi connectivity index (χ3v) is 3.21. The molecule has 0 unspecified atom stereocenters. The SMILES string of the molecule is CC[N-]CC.CC[c-]1ccc(C)c1.CC[c-]1ccc(C)c1.[Cl-].[Zr+4]. The van der Waals surface area contributed by atoms with Gasteiger partial charge < -0.3 is 17.7 Å². The number of hydrogen-bond donors (Lipinski definition) is 0. The number of aryl methyl sites for hydroxylation is 4. The van der Waals surface area contributed by atoms with E-state index in [4.69, 9.17) is 0 Å². The van der Waals surface area contributed by atoms with Gasteiger partial charge >= 0.3 is 26.2 Å². The van der Waals surface area contributed by atoms with Gasteiger partial charge in [0.15, 0.2) is 0 Å². The van der Waals surface area contributed by atoms with Crippen LogP contribution in [0, 0.1) is 13.8 Å². The first-order chi connectivity index (χ1) is 10.1. The molecule has 2 rings (SSSR count). The van der Waals surface area contributed by atoms with Crippen LogP contribution in [0.3, 0.4) is 0 Å². The van der Waals surface area contributed by atoms with E-state index in [-0.39, 0.29) is 38.6 Å². The zero-order chi connectivity index (χ0) is 16.1. The third-order valence-electron chi connectivity index (χ3n) is 3.21. The van der Waals surface area contributed by atoms with Gasteiger partial charge in [-0.2, -0.15) is 48.5 Å². The molecule has 0 heterocycles. The van der Waals surface area contributed by atoms with Crippen LogP contribution >= 0.6 is 0 Å². The van der Waals surface area contributed by atoms with Gasteiger partial charge in [-0.15, -0.1) is 0 Å². The number of rotatable bonds is 4. The topological polar surface area (TPSA) is 14.1 Å². The first-order valence-electron chi connectivity index (χ1n) is 8.14. The Kier molecular flexibility index (Phi) is 21.9. The number of nitrogens with zero attached hydrogens (tertiary/aromatic N) is 1. The van der Waals surface area contributed by atoms with Crippen LogP contribution in [-0.2, 0) is 39.0 Å². The maximum atomic E-state index is 3.97. The maximum Gasteiger partial charge on any atom is 4.00 e. The second kappa shape index (κ2) is 18.2. The molecule has 0 aliphatic rings. The second-order valence-corrected chi connectivity index (χ2v) is 5.16. The first-order valence-corrected chi connectivity index (χ1v) is 8.14. The van der Waals surface area contributed by atoms with E-state index in [1.807, 2.05) is 13.8 Å². The van der Waals surface area contributed by atoms with Gasteiger partial charge in [-0.1, -0.05) is 54.4 Å². The van der Waals surface area contributed by atoms with Crippen molar-refractivity contribution in [2.75, 3.05) is 13.1 Å². The van der Waals surface area contributed by atoms with Gasteiger partial charge in [0.25, 0.3) is 0 Å². The Morgan fingerprint density at radius 2 is 1.13 bits per heavy atom. The standard InChI is InChI=1S/2C8H11.C4H10N.ClH.Zr/c2*1-3-8-5-4-7(2)6-8;1-3-5-4-2;;/h2*4-6H,3H2,1-2H3;3-4H2,1-2H3;1H;/q3*-1;;+4/p-1. The predicted molar refractivity (Wildman–Crippen MR) is 96.7 cm³/mol. The molecule has 0 N–H and O–H groups in total. The van der Waals surface area contributed by atoms with Crippen molar-refractivity contribution in [3.05, 3.63) is 64.0 Å².